The van der Waals surface area contributed by atoms with Crippen LogP contribution in [0.3, 0.4) is 0 Å². The van der Waals surface area contributed by atoms with Crippen molar-refractivity contribution in [2.45, 2.75) is 13.0 Å². The van der Waals surface area contributed by atoms with Crippen LogP contribution in [0.1, 0.15) is 18.5 Å². The van der Waals surface area contributed by atoms with Crippen molar-refractivity contribution in [2.75, 3.05) is 32.5 Å². The molecule has 0 saturated heterocycles. The molecule has 7 heteroatoms. The zero-order chi connectivity index (χ0) is 18.4. The van der Waals surface area contributed by atoms with Crippen LogP contribution in [0.4, 0.5) is 10.1 Å². The summed E-state index contributed by atoms with van der Waals surface area (Å²) >= 11 is 11.5. The molecule has 0 radical (unpaired) electrons. The van der Waals surface area contributed by atoms with Gasteiger partial charge in [0, 0.05) is 31.2 Å². The van der Waals surface area contributed by atoms with E-state index in [2.05, 4.69) is 27.0 Å². The minimum atomic E-state index is -0.451. The number of hydrogen-bond donors (Lipinski definition) is 1. The predicted molar refractivity (Wildman–Crippen MR) is 106 cm³/mol. The summed E-state index contributed by atoms with van der Waals surface area (Å²) in [6, 6.07) is 8.50. The summed E-state index contributed by atoms with van der Waals surface area (Å²) in [5.41, 5.74) is 1.78. The maximum atomic E-state index is 13.3. The van der Waals surface area contributed by atoms with Gasteiger partial charge in [0.1, 0.15) is 5.82 Å². The van der Waals surface area contributed by atoms with Gasteiger partial charge in [-0.05, 0) is 69.1 Å². The molecule has 2 aromatic rings. The van der Waals surface area contributed by atoms with Gasteiger partial charge in [0.25, 0.3) is 0 Å². The predicted octanol–water partition coefficient (Wildman–Crippen LogP) is 4.20. The molecule has 2 rings (SSSR count). The molecule has 4 nitrogen and oxygen atoms in total. The number of rotatable bonds is 6. The Morgan fingerprint density at radius 2 is 1.92 bits per heavy atom. The smallest absolute Gasteiger partial charge is 0.173 e. The highest BCUT2D eigenvalue weighted by Crippen LogP contribution is 2.23. The molecule has 0 saturated carbocycles. The molecule has 1 aromatic carbocycles. The van der Waals surface area contributed by atoms with Gasteiger partial charge in [0.2, 0.25) is 0 Å². The average Bonchev–Trinajstić information content (AvgIpc) is 2.58. The lowest BCUT2D eigenvalue weighted by Crippen LogP contribution is -2.40. The molecule has 0 fully saturated rings. The van der Waals surface area contributed by atoms with E-state index in [1.54, 1.807) is 18.5 Å². The van der Waals surface area contributed by atoms with E-state index in [1.807, 2.05) is 26.2 Å². The second-order valence-corrected chi connectivity index (χ2v) is 6.81. The van der Waals surface area contributed by atoms with E-state index in [9.17, 15) is 4.39 Å². The molecule has 0 unspecified atom stereocenters. The fourth-order valence-electron chi connectivity index (χ4n) is 2.37. The third kappa shape index (κ3) is 5.63. The van der Waals surface area contributed by atoms with E-state index in [0.717, 1.165) is 18.7 Å². The van der Waals surface area contributed by atoms with Crippen LogP contribution < -0.4 is 5.32 Å². The molecular weight excluding hydrogens is 359 g/mol. The summed E-state index contributed by atoms with van der Waals surface area (Å²) < 4.78 is 13.3. The third-order valence-electron chi connectivity index (χ3n) is 3.88. The first-order chi connectivity index (χ1) is 11.9. The molecule has 1 heterocycles. The lowest BCUT2D eigenvalue weighted by atomic mass is 10.1. The topological polar surface area (TPSA) is 31.4 Å². The van der Waals surface area contributed by atoms with Crippen LogP contribution in [0.25, 0.3) is 0 Å². The third-order valence-corrected chi connectivity index (χ3v) is 4.50. The van der Waals surface area contributed by atoms with E-state index >= 15 is 0 Å². The number of nitrogens with one attached hydrogen (secondary N) is 1. The van der Waals surface area contributed by atoms with Gasteiger partial charge in [-0.15, -0.1) is 0 Å². The van der Waals surface area contributed by atoms with Crippen molar-refractivity contribution >= 4 is 34.6 Å². The first kappa shape index (κ1) is 19.6. The van der Waals surface area contributed by atoms with Crippen molar-refractivity contribution in [3.05, 3.63) is 59.1 Å². The van der Waals surface area contributed by atoms with Crippen LogP contribution in [-0.2, 0) is 0 Å². The van der Waals surface area contributed by atoms with E-state index in [0.29, 0.717) is 10.8 Å². The second kappa shape index (κ2) is 9.08. The van der Waals surface area contributed by atoms with Crippen molar-refractivity contribution in [3.63, 3.8) is 0 Å². The Morgan fingerprint density at radius 3 is 2.52 bits per heavy atom. The van der Waals surface area contributed by atoms with Crippen molar-refractivity contribution in [1.29, 1.82) is 0 Å². The Morgan fingerprint density at radius 1 is 1.24 bits per heavy atom. The van der Waals surface area contributed by atoms with Gasteiger partial charge in [-0.2, -0.15) is 0 Å². The van der Waals surface area contributed by atoms with Gasteiger partial charge < -0.3 is 15.1 Å². The zero-order valence-corrected chi connectivity index (χ0v) is 16.1. The molecule has 0 amide bonds. The minimum Gasteiger partial charge on any atom is -0.341 e. The van der Waals surface area contributed by atoms with Crippen molar-refractivity contribution in [1.82, 2.24) is 14.8 Å². The molecule has 0 bridgehead atoms. The number of hydrogen-bond acceptors (Lipinski definition) is 3. The van der Waals surface area contributed by atoms with Gasteiger partial charge in [-0.25, -0.2) is 4.39 Å². The van der Waals surface area contributed by atoms with Crippen LogP contribution in [0.5, 0.6) is 0 Å². The molecule has 1 atom stereocenters. The number of anilines is 1. The van der Waals surface area contributed by atoms with Crippen LogP contribution in [-0.4, -0.2) is 47.1 Å². The maximum Gasteiger partial charge on any atom is 0.173 e. The van der Waals surface area contributed by atoms with Crippen molar-refractivity contribution in [3.8, 4) is 0 Å². The highest BCUT2D eigenvalue weighted by Gasteiger charge is 2.19. The number of nitrogens with zero attached hydrogens (tertiary/aromatic N) is 3. The molecule has 0 aliphatic carbocycles. The Labute approximate surface area is 158 Å². The lowest BCUT2D eigenvalue weighted by molar-refractivity contribution is 0.289. The van der Waals surface area contributed by atoms with Crippen LogP contribution in [0.2, 0.25) is 5.02 Å². The molecule has 0 aliphatic rings. The van der Waals surface area contributed by atoms with E-state index in [4.69, 9.17) is 23.8 Å². The monoisotopic (exact) mass is 380 g/mol. The summed E-state index contributed by atoms with van der Waals surface area (Å²) in [4.78, 5) is 8.27. The van der Waals surface area contributed by atoms with Gasteiger partial charge in [0.05, 0.1) is 11.1 Å². The second-order valence-electron chi connectivity index (χ2n) is 6.01. The quantitative estimate of drug-likeness (QED) is 0.759. The van der Waals surface area contributed by atoms with Crippen LogP contribution >= 0.6 is 23.8 Å². The first-order valence-electron chi connectivity index (χ1n) is 7.96. The van der Waals surface area contributed by atoms with Crippen LogP contribution in [0.15, 0.2) is 42.7 Å². The molecule has 1 N–H and O–H groups in total. The van der Waals surface area contributed by atoms with Gasteiger partial charge in [0.15, 0.2) is 5.11 Å². The number of aromatic nitrogens is 1. The zero-order valence-electron chi connectivity index (χ0n) is 14.5. The summed E-state index contributed by atoms with van der Waals surface area (Å²) in [6.45, 7) is 3.69. The normalized spacial score (nSPS) is 12.1. The van der Waals surface area contributed by atoms with Crippen LogP contribution in [0, 0.1) is 5.82 Å². The molecule has 25 heavy (non-hydrogen) atoms. The first-order valence-corrected chi connectivity index (χ1v) is 8.74. The summed E-state index contributed by atoms with van der Waals surface area (Å²) in [5, 5.41) is 3.78. The Balaban J connectivity index is 2.18. The molecule has 0 spiro atoms. The lowest BCUT2D eigenvalue weighted by Gasteiger charge is -2.33. The van der Waals surface area contributed by atoms with Gasteiger partial charge >= 0.3 is 0 Å². The number of halogens is 2. The summed E-state index contributed by atoms with van der Waals surface area (Å²) in [5.74, 6) is -0.451. The van der Waals surface area contributed by atoms with Crippen molar-refractivity contribution < 1.29 is 4.39 Å². The van der Waals surface area contributed by atoms with E-state index < -0.39 is 5.82 Å². The highest BCUT2D eigenvalue weighted by atomic mass is 35.5. The average molecular weight is 381 g/mol. The van der Waals surface area contributed by atoms with Crippen molar-refractivity contribution in [2.24, 2.45) is 0 Å². The number of likely N-dealkylation sites (N-methyl/N-ethyl adjacent to an activating group) is 1. The molecule has 0 aliphatic heterocycles. The fourth-order valence-corrected chi connectivity index (χ4v) is 2.92. The fraction of sp³-hybridized carbons (Fsp3) is 0.333. The molecular formula is C18H22ClFN4S. The Hall–Kier alpha value is -1.76. The van der Waals surface area contributed by atoms with Gasteiger partial charge in [-0.1, -0.05) is 11.6 Å². The number of benzene rings is 1. The SMILES string of the molecule is C[C@H](c1ccncc1)N(CCN(C)C)C(=S)Nc1ccc(F)c(Cl)c1. The van der Waals surface area contributed by atoms with Gasteiger partial charge in [-0.3, -0.25) is 4.98 Å². The molecule has 1 aromatic heterocycles. The minimum absolute atomic E-state index is 0.0647. The number of thiocarbonyl (C=S) groups is 1. The molecule has 134 valence electrons. The van der Waals surface area contributed by atoms with E-state index in [1.165, 1.54) is 12.1 Å². The largest absolute Gasteiger partial charge is 0.341 e. The maximum absolute atomic E-state index is 13.3. The standard InChI is InChI=1S/C18H22ClFN4S/c1-13(14-6-8-21-9-7-14)24(11-10-23(2)3)18(25)22-15-4-5-17(20)16(19)12-15/h4-9,12-13H,10-11H2,1-3H3,(H,22,25)/t13-/m1/s1. The summed E-state index contributed by atoms with van der Waals surface area (Å²) in [6.07, 6.45) is 3.54. The Kier molecular flexibility index (Phi) is 7.11. The number of pyridine rings is 1. The highest BCUT2D eigenvalue weighted by molar-refractivity contribution is 7.80. The Bertz CT molecular complexity index is 711. The summed E-state index contributed by atoms with van der Waals surface area (Å²) in [7, 11) is 4.04. The van der Waals surface area contributed by atoms with E-state index in [-0.39, 0.29) is 11.1 Å².